The maximum Gasteiger partial charge on any atom is 0.288 e. The van der Waals surface area contributed by atoms with Crippen LogP contribution in [0.2, 0.25) is 10.0 Å². The van der Waals surface area contributed by atoms with E-state index in [-0.39, 0.29) is 16.8 Å². The summed E-state index contributed by atoms with van der Waals surface area (Å²) < 4.78 is 6.42. The average Bonchev–Trinajstić information content (AvgIpc) is 2.88. The molecule has 1 amide bonds. The number of hydrogen-bond donors (Lipinski definition) is 1. The van der Waals surface area contributed by atoms with Gasteiger partial charge in [0.05, 0.1) is 27.0 Å². The van der Waals surface area contributed by atoms with E-state index < -0.39 is 11.9 Å². The van der Waals surface area contributed by atoms with E-state index in [0.29, 0.717) is 26.6 Å². The minimum atomic E-state index is -0.623. The summed E-state index contributed by atoms with van der Waals surface area (Å²) in [6.45, 7) is 0. The van der Waals surface area contributed by atoms with Crippen LogP contribution < -0.4 is 10.7 Å². The zero-order chi connectivity index (χ0) is 17.0. The Morgan fingerprint density at radius 2 is 1.83 bits per heavy atom. The van der Waals surface area contributed by atoms with Crippen LogP contribution in [0.3, 0.4) is 0 Å². The number of carbonyl (C=O) groups is 1. The van der Waals surface area contributed by atoms with Crippen LogP contribution in [0.25, 0.3) is 11.0 Å². The molecule has 1 aliphatic heterocycles. The Kier molecular flexibility index (Phi) is 3.67. The summed E-state index contributed by atoms with van der Waals surface area (Å²) in [5.74, 6) is -0.395. The number of rotatable bonds is 1. The average molecular weight is 425 g/mol. The zero-order valence-corrected chi connectivity index (χ0v) is 15.0. The Bertz CT molecular complexity index is 1080. The van der Waals surface area contributed by atoms with Crippen LogP contribution in [-0.2, 0) is 0 Å². The third-order valence-electron chi connectivity index (χ3n) is 3.93. The molecule has 0 fully saturated rings. The fourth-order valence-corrected chi connectivity index (χ4v) is 3.49. The number of carbonyl (C=O) groups excluding carboxylic acids is 1. The molecule has 2 heterocycles. The fourth-order valence-electron chi connectivity index (χ4n) is 2.82. The summed E-state index contributed by atoms with van der Waals surface area (Å²) in [6, 6.07) is 9.44. The molecule has 24 heavy (non-hydrogen) atoms. The summed E-state index contributed by atoms with van der Waals surface area (Å²) in [7, 11) is 0. The van der Waals surface area contributed by atoms with Crippen LogP contribution in [0.5, 0.6) is 0 Å². The van der Waals surface area contributed by atoms with E-state index in [0.717, 1.165) is 4.47 Å². The second kappa shape index (κ2) is 5.62. The first-order valence-electron chi connectivity index (χ1n) is 6.98. The molecule has 3 aromatic rings. The standard InChI is InChI=1S/C17H8BrCl2NO3/c18-8-2-4-12-9(6-8)15(22)13-14(21-17(23)16(13)24-12)7-1-3-10(19)11(20)5-7/h1-6,14H,(H,21,23). The highest BCUT2D eigenvalue weighted by Crippen LogP contribution is 2.34. The Morgan fingerprint density at radius 1 is 1.04 bits per heavy atom. The number of halogens is 3. The normalized spacial score (nSPS) is 16.3. The summed E-state index contributed by atoms with van der Waals surface area (Å²) >= 11 is 15.3. The molecule has 7 heteroatoms. The van der Waals surface area contributed by atoms with Gasteiger partial charge in [0, 0.05) is 4.47 Å². The highest BCUT2D eigenvalue weighted by Gasteiger charge is 2.36. The molecule has 4 rings (SSSR count). The zero-order valence-electron chi connectivity index (χ0n) is 11.9. The summed E-state index contributed by atoms with van der Waals surface area (Å²) in [5.41, 5.74) is 1.07. The van der Waals surface area contributed by atoms with Gasteiger partial charge in [-0.1, -0.05) is 45.2 Å². The van der Waals surface area contributed by atoms with Crippen molar-refractivity contribution in [2.24, 2.45) is 0 Å². The van der Waals surface area contributed by atoms with E-state index in [2.05, 4.69) is 21.2 Å². The highest BCUT2D eigenvalue weighted by atomic mass is 79.9. The van der Waals surface area contributed by atoms with Gasteiger partial charge in [-0.25, -0.2) is 0 Å². The molecule has 0 bridgehead atoms. The second-order valence-corrected chi connectivity index (χ2v) is 7.12. The van der Waals surface area contributed by atoms with E-state index in [1.807, 2.05) is 0 Å². The van der Waals surface area contributed by atoms with E-state index in [1.165, 1.54) is 0 Å². The molecular weight excluding hydrogens is 417 g/mol. The lowest BCUT2D eigenvalue weighted by Crippen LogP contribution is -2.21. The van der Waals surface area contributed by atoms with Crippen molar-refractivity contribution in [1.82, 2.24) is 5.32 Å². The van der Waals surface area contributed by atoms with Crippen molar-refractivity contribution >= 4 is 56.0 Å². The molecule has 120 valence electrons. The Hall–Kier alpha value is -1.82. The van der Waals surface area contributed by atoms with Crippen molar-refractivity contribution in [3.05, 3.63) is 78.0 Å². The van der Waals surface area contributed by atoms with Crippen molar-refractivity contribution in [2.45, 2.75) is 6.04 Å². The minimum absolute atomic E-state index is 0.0332. The molecule has 0 spiro atoms. The van der Waals surface area contributed by atoms with Gasteiger partial charge < -0.3 is 9.73 Å². The molecule has 0 saturated carbocycles. The largest absolute Gasteiger partial charge is 0.450 e. The minimum Gasteiger partial charge on any atom is -0.450 e. The highest BCUT2D eigenvalue weighted by molar-refractivity contribution is 9.10. The molecular formula is C17H8BrCl2NO3. The monoisotopic (exact) mass is 423 g/mol. The predicted octanol–water partition coefficient (Wildman–Crippen LogP) is 4.70. The Morgan fingerprint density at radius 3 is 2.58 bits per heavy atom. The van der Waals surface area contributed by atoms with Gasteiger partial charge in [0.15, 0.2) is 5.43 Å². The molecule has 1 aliphatic rings. The molecule has 2 aromatic carbocycles. The Balaban J connectivity index is 1.99. The summed E-state index contributed by atoms with van der Waals surface area (Å²) in [6.07, 6.45) is 0. The molecule has 1 aromatic heterocycles. The molecule has 1 N–H and O–H groups in total. The summed E-state index contributed by atoms with van der Waals surface area (Å²) in [4.78, 5) is 25.2. The van der Waals surface area contributed by atoms with Crippen LogP contribution in [0.1, 0.15) is 27.7 Å². The van der Waals surface area contributed by atoms with E-state index in [4.69, 9.17) is 27.6 Å². The lowest BCUT2D eigenvalue weighted by Gasteiger charge is -2.12. The topological polar surface area (TPSA) is 59.3 Å². The van der Waals surface area contributed by atoms with Gasteiger partial charge in [0.2, 0.25) is 5.76 Å². The van der Waals surface area contributed by atoms with Crippen LogP contribution in [-0.4, -0.2) is 5.91 Å². The third-order valence-corrected chi connectivity index (χ3v) is 5.17. The van der Waals surface area contributed by atoms with Crippen molar-refractivity contribution in [3.63, 3.8) is 0 Å². The van der Waals surface area contributed by atoms with E-state index in [9.17, 15) is 9.59 Å². The maximum atomic E-state index is 12.9. The van der Waals surface area contributed by atoms with Crippen molar-refractivity contribution in [1.29, 1.82) is 0 Å². The van der Waals surface area contributed by atoms with Gasteiger partial charge in [-0.2, -0.15) is 0 Å². The number of fused-ring (bicyclic) bond motifs is 2. The van der Waals surface area contributed by atoms with Gasteiger partial charge in [-0.05, 0) is 35.9 Å². The van der Waals surface area contributed by atoms with E-state index in [1.54, 1.807) is 36.4 Å². The van der Waals surface area contributed by atoms with Gasteiger partial charge in [-0.3, -0.25) is 9.59 Å². The maximum absolute atomic E-state index is 12.9. The smallest absolute Gasteiger partial charge is 0.288 e. The van der Waals surface area contributed by atoms with Crippen LogP contribution in [0.4, 0.5) is 0 Å². The number of amides is 1. The number of benzene rings is 2. The second-order valence-electron chi connectivity index (χ2n) is 5.39. The van der Waals surface area contributed by atoms with Crippen molar-refractivity contribution < 1.29 is 9.21 Å². The molecule has 1 atom stereocenters. The number of hydrogen-bond acceptors (Lipinski definition) is 3. The molecule has 0 saturated heterocycles. The fraction of sp³-hybridized carbons (Fsp3) is 0.0588. The van der Waals surface area contributed by atoms with Gasteiger partial charge in [0.25, 0.3) is 5.91 Å². The van der Waals surface area contributed by atoms with Gasteiger partial charge >= 0.3 is 0 Å². The van der Waals surface area contributed by atoms with E-state index >= 15 is 0 Å². The van der Waals surface area contributed by atoms with Crippen LogP contribution in [0.15, 0.2) is 50.1 Å². The number of nitrogens with one attached hydrogen (secondary N) is 1. The molecule has 0 radical (unpaired) electrons. The first kappa shape index (κ1) is 15.7. The lowest BCUT2D eigenvalue weighted by molar-refractivity contribution is 0.0938. The Labute approximate surface area is 154 Å². The van der Waals surface area contributed by atoms with Gasteiger partial charge in [-0.15, -0.1) is 0 Å². The third kappa shape index (κ3) is 2.35. The van der Waals surface area contributed by atoms with Gasteiger partial charge in [0.1, 0.15) is 5.58 Å². The van der Waals surface area contributed by atoms with Crippen LogP contribution >= 0.6 is 39.1 Å². The van der Waals surface area contributed by atoms with Crippen molar-refractivity contribution in [3.8, 4) is 0 Å². The first-order chi connectivity index (χ1) is 11.5. The summed E-state index contributed by atoms with van der Waals surface area (Å²) in [5, 5.41) is 3.93. The molecule has 1 unspecified atom stereocenters. The van der Waals surface area contributed by atoms with Crippen molar-refractivity contribution in [2.75, 3.05) is 0 Å². The molecule has 0 aliphatic carbocycles. The molecule has 4 nitrogen and oxygen atoms in total. The lowest BCUT2D eigenvalue weighted by atomic mass is 9.99. The predicted molar refractivity (Wildman–Crippen MR) is 96.0 cm³/mol. The first-order valence-corrected chi connectivity index (χ1v) is 8.52. The SMILES string of the molecule is O=C1NC(c2ccc(Cl)c(Cl)c2)c2c1oc1ccc(Br)cc1c2=O. The quantitative estimate of drug-likeness (QED) is 0.616. The van der Waals surface area contributed by atoms with Crippen LogP contribution in [0, 0.1) is 0 Å².